The zero-order chi connectivity index (χ0) is 12.0. The van der Waals surface area contributed by atoms with Gasteiger partial charge in [0.05, 0.1) is 6.10 Å². The Balaban J connectivity index is 2.00. The first-order valence-corrected chi connectivity index (χ1v) is 6.68. The van der Waals surface area contributed by atoms with Gasteiger partial charge in [0, 0.05) is 24.1 Å². The minimum Gasteiger partial charge on any atom is -0.490 e. The van der Waals surface area contributed by atoms with Gasteiger partial charge in [-0.15, -0.1) is 0 Å². The summed E-state index contributed by atoms with van der Waals surface area (Å²) in [6.45, 7) is 6.51. The van der Waals surface area contributed by atoms with Gasteiger partial charge in [0.25, 0.3) is 0 Å². The number of rotatable bonds is 2. The van der Waals surface area contributed by atoms with E-state index in [0.717, 1.165) is 18.2 Å². The standard InChI is InChI=1S/C15H21NO/c1-9-4-5-10(2)15-14(9)13(8-11(3)17-15)16-12-6-7-12/h4-5,11-13,16H,6-8H2,1-3H3. The lowest BCUT2D eigenvalue weighted by Crippen LogP contribution is -2.33. The molecule has 2 aliphatic rings. The molecule has 2 unspecified atom stereocenters. The number of hydrogen-bond donors (Lipinski definition) is 1. The minimum atomic E-state index is 0.319. The van der Waals surface area contributed by atoms with Crippen molar-refractivity contribution < 1.29 is 4.74 Å². The van der Waals surface area contributed by atoms with Gasteiger partial charge in [-0.05, 0) is 44.7 Å². The molecule has 0 saturated heterocycles. The normalized spacial score (nSPS) is 27.5. The fourth-order valence-electron chi connectivity index (χ4n) is 2.78. The third kappa shape index (κ3) is 2.06. The second-order valence-corrected chi connectivity index (χ2v) is 5.60. The molecule has 0 aromatic heterocycles. The molecule has 0 radical (unpaired) electrons. The van der Waals surface area contributed by atoms with Gasteiger partial charge in [-0.25, -0.2) is 0 Å². The highest BCUT2D eigenvalue weighted by Crippen LogP contribution is 2.40. The Morgan fingerprint density at radius 2 is 1.88 bits per heavy atom. The van der Waals surface area contributed by atoms with E-state index in [0.29, 0.717) is 12.1 Å². The molecule has 2 heteroatoms. The highest BCUT2D eigenvalue weighted by Gasteiger charge is 2.32. The predicted molar refractivity (Wildman–Crippen MR) is 69.5 cm³/mol. The van der Waals surface area contributed by atoms with Crippen molar-refractivity contribution in [2.45, 2.75) is 58.2 Å². The van der Waals surface area contributed by atoms with Crippen LogP contribution in [0.1, 0.15) is 48.9 Å². The fourth-order valence-corrected chi connectivity index (χ4v) is 2.78. The van der Waals surface area contributed by atoms with Gasteiger partial charge in [0.1, 0.15) is 5.75 Å². The molecule has 1 heterocycles. The Kier molecular flexibility index (Phi) is 2.62. The van der Waals surface area contributed by atoms with E-state index in [-0.39, 0.29) is 0 Å². The van der Waals surface area contributed by atoms with Gasteiger partial charge >= 0.3 is 0 Å². The molecular weight excluding hydrogens is 210 g/mol. The molecule has 2 atom stereocenters. The monoisotopic (exact) mass is 231 g/mol. The van der Waals surface area contributed by atoms with Crippen LogP contribution in [0.25, 0.3) is 0 Å². The molecule has 1 aromatic rings. The van der Waals surface area contributed by atoms with Gasteiger partial charge in [-0.1, -0.05) is 12.1 Å². The van der Waals surface area contributed by atoms with Crippen LogP contribution in [0.3, 0.4) is 0 Å². The average molecular weight is 231 g/mol. The van der Waals surface area contributed by atoms with E-state index in [4.69, 9.17) is 4.74 Å². The van der Waals surface area contributed by atoms with Gasteiger partial charge in [-0.2, -0.15) is 0 Å². The average Bonchev–Trinajstić information content (AvgIpc) is 3.07. The second-order valence-electron chi connectivity index (χ2n) is 5.60. The van der Waals surface area contributed by atoms with E-state index in [1.807, 2.05) is 0 Å². The highest BCUT2D eigenvalue weighted by molar-refractivity contribution is 5.48. The lowest BCUT2D eigenvalue weighted by Gasteiger charge is -2.33. The molecule has 3 rings (SSSR count). The molecule has 0 spiro atoms. The van der Waals surface area contributed by atoms with Crippen LogP contribution in [0.4, 0.5) is 0 Å². The van der Waals surface area contributed by atoms with Crippen LogP contribution in [-0.2, 0) is 0 Å². The first-order valence-electron chi connectivity index (χ1n) is 6.68. The third-order valence-electron chi connectivity index (χ3n) is 3.86. The molecule has 0 bridgehead atoms. The van der Waals surface area contributed by atoms with Crippen molar-refractivity contribution in [2.24, 2.45) is 0 Å². The molecule has 0 amide bonds. The lowest BCUT2D eigenvalue weighted by atomic mass is 9.91. The second kappa shape index (κ2) is 4.02. The molecule has 1 aliphatic carbocycles. The Hall–Kier alpha value is -1.02. The van der Waals surface area contributed by atoms with Crippen molar-refractivity contribution >= 4 is 0 Å². The largest absolute Gasteiger partial charge is 0.490 e. The molecule has 1 N–H and O–H groups in total. The smallest absolute Gasteiger partial charge is 0.127 e. The summed E-state index contributed by atoms with van der Waals surface area (Å²) in [6.07, 6.45) is 4.09. The summed E-state index contributed by atoms with van der Waals surface area (Å²) in [4.78, 5) is 0. The van der Waals surface area contributed by atoms with Crippen molar-refractivity contribution in [1.82, 2.24) is 5.32 Å². The summed E-state index contributed by atoms with van der Waals surface area (Å²) in [6, 6.07) is 5.62. The molecule has 1 fully saturated rings. The van der Waals surface area contributed by atoms with E-state index < -0.39 is 0 Å². The van der Waals surface area contributed by atoms with Crippen LogP contribution in [0.2, 0.25) is 0 Å². The topological polar surface area (TPSA) is 21.3 Å². The van der Waals surface area contributed by atoms with Crippen LogP contribution in [0.15, 0.2) is 12.1 Å². The third-order valence-corrected chi connectivity index (χ3v) is 3.86. The maximum Gasteiger partial charge on any atom is 0.127 e. The number of hydrogen-bond acceptors (Lipinski definition) is 2. The zero-order valence-electron chi connectivity index (χ0n) is 10.9. The van der Waals surface area contributed by atoms with Crippen molar-refractivity contribution in [3.63, 3.8) is 0 Å². The number of nitrogens with one attached hydrogen (secondary N) is 1. The van der Waals surface area contributed by atoms with Crippen LogP contribution in [0.5, 0.6) is 5.75 Å². The molecule has 92 valence electrons. The number of aryl methyl sites for hydroxylation is 2. The fraction of sp³-hybridized carbons (Fsp3) is 0.600. The summed E-state index contributed by atoms with van der Waals surface area (Å²) in [5.41, 5.74) is 4.02. The number of benzene rings is 1. The van der Waals surface area contributed by atoms with Crippen LogP contribution < -0.4 is 10.1 Å². The van der Waals surface area contributed by atoms with Crippen molar-refractivity contribution in [3.05, 3.63) is 28.8 Å². The molecule has 1 aliphatic heterocycles. The first kappa shape index (κ1) is 11.1. The van der Waals surface area contributed by atoms with Crippen molar-refractivity contribution in [2.75, 3.05) is 0 Å². The molecule has 17 heavy (non-hydrogen) atoms. The van der Waals surface area contributed by atoms with E-state index >= 15 is 0 Å². The summed E-state index contributed by atoms with van der Waals surface area (Å²) in [5.74, 6) is 1.13. The lowest BCUT2D eigenvalue weighted by molar-refractivity contribution is 0.164. The summed E-state index contributed by atoms with van der Waals surface area (Å²) in [7, 11) is 0. The van der Waals surface area contributed by atoms with Crippen molar-refractivity contribution in [3.8, 4) is 5.75 Å². The maximum absolute atomic E-state index is 6.04. The van der Waals surface area contributed by atoms with Gasteiger partial charge in [-0.3, -0.25) is 0 Å². The van der Waals surface area contributed by atoms with E-state index in [9.17, 15) is 0 Å². The quantitative estimate of drug-likeness (QED) is 0.843. The molecule has 2 nitrogen and oxygen atoms in total. The Labute approximate surface area is 103 Å². The maximum atomic E-state index is 6.04. The number of ether oxygens (including phenoxy) is 1. The Bertz CT molecular complexity index is 437. The van der Waals surface area contributed by atoms with Crippen LogP contribution >= 0.6 is 0 Å². The van der Waals surface area contributed by atoms with Gasteiger partial charge in [0.2, 0.25) is 0 Å². The molecular formula is C15H21NO. The van der Waals surface area contributed by atoms with Crippen molar-refractivity contribution in [1.29, 1.82) is 0 Å². The van der Waals surface area contributed by atoms with Crippen LogP contribution in [0, 0.1) is 13.8 Å². The predicted octanol–water partition coefficient (Wildman–Crippen LogP) is 3.27. The zero-order valence-corrected chi connectivity index (χ0v) is 10.9. The first-order chi connectivity index (χ1) is 8.15. The Morgan fingerprint density at radius 1 is 1.18 bits per heavy atom. The molecule has 1 saturated carbocycles. The van der Waals surface area contributed by atoms with E-state index in [1.165, 1.54) is 29.5 Å². The van der Waals surface area contributed by atoms with E-state index in [2.05, 4.69) is 38.2 Å². The Morgan fingerprint density at radius 3 is 2.59 bits per heavy atom. The minimum absolute atomic E-state index is 0.319. The van der Waals surface area contributed by atoms with Gasteiger partial charge < -0.3 is 10.1 Å². The SMILES string of the molecule is Cc1ccc(C)c2c1OC(C)CC2NC1CC1. The number of fused-ring (bicyclic) bond motifs is 1. The van der Waals surface area contributed by atoms with Crippen LogP contribution in [-0.4, -0.2) is 12.1 Å². The summed E-state index contributed by atoms with van der Waals surface area (Å²) in [5, 5.41) is 3.77. The summed E-state index contributed by atoms with van der Waals surface area (Å²) >= 11 is 0. The van der Waals surface area contributed by atoms with Gasteiger partial charge in [0.15, 0.2) is 0 Å². The summed E-state index contributed by atoms with van der Waals surface area (Å²) < 4.78 is 6.04. The van der Waals surface area contributed by atoms with E-state index in [1.54, 1.807) is 0 Å². The molecule has 1 aromatic carbocycles. The highest BCUT2D eigenvalue weighted by atomic mass is 16.5.